The molecule has 0 fully saturated rings. The molecule has 1 aliphatic heterocycles. The third-order valence-corrected chi connectivity index (χ3v) is 3.35. The molecule has 0 bridgehead atoms. The van der Waals surface area contributed by atoms with Crippen LogP contribution in [-0.2, 0) is 17.9 Å². The standard InChI is InChI=1S/C14H19N3O3/c1-18-9-14-16-10-7-12-13(20-6-5-19-12)8-11(10)17(14)4-2-3-15/h7-8H,2-6,9,15H2,1H3. The van der Waals surface area contributed by atoms with E-state index in [1.54, 1.807) is 7.11 Å². The normalized spacial score (nSPS) is 13.9. The molecular formula is C14H19N3O3. The minimum absolute atomic E-state index is 0.478. The third kappa shape index (κ3) is 2.32. The summed E-state index contributed by atoms with van der Waals surface area (Å²) in [7, 11) is 1.67. The highest BCUT2D eigenvalue weighted by molar-refractivity contribution is 5.80. The van der Waals surface area contributed by atoms with Crippen LogP contribution in [-0.4, -0.2) is 36.4 Å². The Hall–Kier alpha value is -1.79. The monoisotopic (exact) mass is 277 g/mol. The van der Waals surface area contributed by atoms with Gasteiger partial charge in [0.2, 0.25) is 0 Å². The maximum absolute atomic E-state index is 5.64. The first kappa shape index (κ1) is 13.2. The van der Waals surface area contributed by atoms with Crippen LogP contribution in [0.5, 0.6) is 11.5 Å². The Bertz CT molecular complexity index is 609. The number of aromatic nitrogens is 2. The summed E-state index contributed by atoms with van der Waals surface area (Å²) in [5.41, 5.74) is 7.55. The molecule has 0 aliphatic carbocycles. The first-order valence-corrected chi connectivity index (χ1v) is 6.81. The fourth-order valence-corrected chi connectivity index (χ4v) is 2.45. The average Bonchev–Trinajstić information content (AvgIpc) is 2.79. The van der Waals surface area contributed by atoms with Crippen LogP contribution in [0.1, 0.15) is 12.2 Å². The molecule has 0 saturated carbocycles. The first-order chi connectivity index (χ1) is 9.83. The summed E-state index contributed by atoms with van der Waals surface area (Å²) < 4.78 is 18.6. The number of imidazole rings is 1. The van der Waals surface area contributed by atoms with Crippen LogP contribution in [0.2, 0.25) is 0 Å². The van der Waals surface area contributed by atoms with Crippen molar-refractivity contribution in [1.82, 2.24) is 9.55 Å². The highest BCUT2D eigenvalue weighted by Gasteiger charge is 2.17. The largest absolute Gasteiger partial charge is 0.486 e. The van der Waals surface area contributed by atoms with E-state index >= 15 is 0 Å². The summed E-state index contributed by atoms with van der Waals surface area (Å²) in [4.78, 5) is 4.63. The zero-order chi connectivity index (χ0) is 13.9. The molecular weight excluding hydrogens is 258 g/mol. The second-order valence-corrected chi connectivity index (χ2v) is 4.74. The number of methoxy groups -OCH3 is 1. The predicted octanol–water partition coefficient (Wildman–Crippen LogP) is 1.30. The summed E-state index contributed by atoms with van der Waals surface area (Å²) in [5.74, 6) is 2.44. The molecule has 1 aromatic carbocycles. The van der Waals surface area contributed by atoms with E-state index in [0.29, 0.717) is 26.4 Å². The van der Waals surface area contributed by atoms with Crippen LogP contribution in [0.3, 0.4) is 0 Å². The Kier molecular flexibility index (Phi) is 3.75. The Labute approximate surface area is 117 Å². The van der Waals surface area contributed by atoms with Crippen LogP contribution in [0.4, 0.5) is 0 Å². The second kappa shape index (κ2) is 5.68. The van der Waals surface area contributed by atoms with Gasteiger partial charge in [-0.15, -0.1) is 0 Å². The SMILES string of the molecule is COCc1nc2cc3c(cc2n1CCCN)OCCO3. The lowest BCUT2D eigenvalue weighted by Crippen LogP contribution is -2.15. The van der Waals surface area contributed by atoms with E-state index < -0.39 is 0 Å². The smallest absolute Gasteiger partial charge is 0.163 e. The van der Waals surface area contributed by atoms with Crippen molar-refractivity contribution >= 4 is 11.0 Å². The van der Waals surface area contributed by atoms with Crippen molar-refractivity contribution < 1.29 is 14.2 Å². The summed E-state index contributed by atoms with van der Waals surface area (Å²) in [5, 5.41) is 0. The van der Waals surface area contributed by atoms with E-state index in [0.717, 1.165) is 41.3 Å². The topological polar surface area (TPSA) is 71.5 Å². The van der Waals surface area contributed by atoms with E-state index in [-0.39, 0.29) is 0 Å². The minimum Gasteiger partial charge on any atom is -0.486 e. The van der Waals surface area contributed by atoms with Crippen molar-refractivity contribution in [1.29, 1.82) is 0 Å². The number of nitrogens with two attached hydrogens (primary N) is 1. The fourth-order valence-electron chi connectivity index (χ4n) is 2.45. The lowest BCUT2D eigenvalue weighted by Gasteiger charge is -2.18. The van der Waals surface area contributed by atoms with Gasteiger partial charge in [-0.05, 0) is 13.0 Å². The van der Waals surface area contributed by atoms with Gasteiger partial charge in [-0.25, -0.2) is 4.98 Å². The van der Waals surface area contributed by atoms with Crippen LogP contribution in [0.15, 0.2) is 12.1 Å². The Morgan fingerprint density at radius 2 is 2.05 bits per heavy atom. The first-order valence-electron chi connectivity index (χ1n) is 6.81. The molecule has 0 amide bonds. The molecule has 0 unspecified atom stereocenters. The molecule has 20 heavy (non-hydrogen) atoms. The maximum atomic E-state index is 5.64. The zero-order valence-corrected chi connectivity index (χ0v) is 11.6. The second-order valence-electron chi connectivity index (χ2n) is 4.74. The van der Waals surface area contributed by atoms with Gasteiger partial charge in [-0.2, -0.15) is 0 Å². The molecule has 1 aromatic heterocycles. The molecule has 6 nitrogen and oxygen atoms in total. The van der Waals surface area contributed by atoms with Crippen LogP contribution in [0.25, 0.3) is 11.0 Å². The molecule has 0 saturated heterocycles. The van der Waals surface area contributed by atoms with E-state index in [4.69, 9.17) is 19.9 Å². The third-order valence-electron chi connectivity index (χ3n) is 3.35. The van der Waals surface area contributed by atoms with Crippen molar-refractivity contribution in [2.24, 2.45) is 5.73 Å². The van der Waals surface area contributed by atoms with Crippen molar-refractivity contribution in [3.63, 3.8) is 0 Å². The number of nitrogens with zero attached hydrogens (tertiary/aromatic N) is 2. The van der Waals surface area contributed by atoms with Crippen molar-refractivity contribution in [3.8, 4) is 11.5 Å². The fraction of sp³-hybridized carbons (Fsp3) is 0.500. The van der Waals surface area contributed by atoms with Gasteiger partial charge in [0.25, 0.3) is 0 Å². The molecule has 108 valence electrons. The van der Waals surface area contributed by atoms with E-state index in [1.807, 2.05) is 12.1 Å². The van der Waals surface area contributed by atoms with Gasteiger partial charge < -0.3 is 24.5 Å². The average molecular weight is 277 g/mol. The van der Waals surface area contributed by atoms with Gasteiger partial charge in [0.1, 0.15) is 25.6 Å². The summed E-state index contributed by atoms with van der Waals surface area (Å²) in [6, 6.07) is 3.93. The number of aryl methyl sites for hydroxylation is 1. The van der Waals surface area contributed by atoms with E-state index in [9.17, 15) is 0 Å². The lowest BCUT2D eigenvalue weighted by atomic mass is 10.2. The number of hydrogen-bond donors (Lipinski definition) is 1. The summed E-state index contributed by atoms with van der Waals surface area (Å²) in [6.07, 6.45) is 0.899. The number of fused-ring (bicyclic) bond motifs is 2. The number of ether oxygens (including phenoxy) is 3. The van der Waals surface area contributed by atoms with Gasteiger partial charge in [0.05, 0.1) is 11.0 Å². The van der Waals surface area contributed by atoms with Crippen molar-refractivity contribution in [2.75, 3.05) is 26.9 Å². The molecule has 2 aromatic rings. The Balaban J connectivity index is 2.08. The Morgan fingerprint density at radius 3 is 2.75 bits per heavy atom. The molecule has 3 rings (SSSR count). The highest BCUT2D eigenvalue weighted by atomic mass is 16.6. The molecule has 2 heterocycles. The predicted molar refractivity (Wildman–Crippen MR) is 75.1 cm³/mol. The molecule has 0 spiro atoms. The van der Waals surface area contributed by atoms with Crippen LogP contribution in [0, 0.1) is 0 Å². The number of benzene rings is 1. The highest BCUT2D eigenvalue weighted by Crippen LogP contribution is 2.34. The van der Waals surface area contributed by atoms with Gasteiger partial charge >= 0.3 is 0 Å². The van der Waals surface area contributed by atoms with Gasteiger partial charge in [0, 0.05) is 25.8 Å². The molecule has 0 atom stereocenters. The van der Waals surface area contributed by atoms with E-state index in [2.05, 4.69) is 9.55 Å². The quantitative estimate of drug-likeness (QED) is 0.892. The molecule has 0 radical (unpaired) electrons. The van der Waals surface area contributed by atoms with Crippen LogP contribution < -0.4 is 15.2 Å². The molecule has 1 aliphatic rings. The minimum atomic E-state index is 0.478. The maximum Gasteiger partial charge on any atom is 0.163 e. The Morgan fingerprint density at radius 1 is 1.30 bits per heavy atom. The number of rotatable bonds is 5. The summed E-state index contributed by atoms with van der Waals surface area (Å²) in [6.45, 7) is 3.12. The van der Waals surface area contributed by atoms with Gasteiger partial charge in [-0.1, -0.05) is 0 Å². The molecule has 6 heteroatoms. The van der Waals surface area contributed by atoms with Crippen molar-refractivity contribution in [3.05, 3.63) is 18.0 Å². The van der Waals surface area contributed by atoms with Gasteiger partial charge in [0.15, 0.2) is 11.5 Å². The summed E-state index contributed by atoms with van der Waals surface area (Å²) >= 11 is 0. The zero-order valence-electron chi connectivity index (χ0n) is 11.6. The molecule has 2 N–H and O–H groups in total. The van der Waals surface area contributed by atoms with Gasteiger partial charge in [-0.3, -0.25) is 0 Å². The number of hydrogen-bond acceptors (Lipinski definition) is 5. The van der Waals surface area contributed by atoms with Crippen LogP contribution >= 0.6 is 0 Å². The van der Waals surface area contributed by atoms with Crippen molar-refractivity contribution in [2.45, 2.75) is 19.6 Å². The van der Waals surface area contributed by atoms with E-state index in [1.165, 1.54) is 0 Å². The lowest BCUT2D eigenvalue weighted by molar-refractivity contribution is 0.172.